The van der Waals surface area contributed by atoms with Crippen LogP contribution in [0.15, 0.2) is 0 Å². The lowest BCUT2D eigenvalue weighted by atomic mass is 10.1. The minimum atomic E-state index is -0.292. The molecular formula is C11H22N2O2. The molecule has 2 saturated heterocycles. The van der Waals surface area contributed by atoms with Gasteiger partial charge in [-0.15, -0.1) is 0 Å². The molecule has 0 spiro atoms. The van der Waals surface area contributed by atoms with Gasteiger partial charge in [-0.1, -0.05) is 0 Å². The van der Waals surface area contributed by atoms with Crippen molar-refractivity contribution in [2.45, 2.75) is 38.0 Å². The van der Waals surface area contributed by atoms with Crippen molar-refractivity contribution < 1.29 is 9.84 Å². The number of hydrogen-bond acceptors (Lipinski definition) is 4. The van der Waals surface area contributed by atoms with E-state index in [1.165, 1.54) is 12.8 Å². The molecule has 88 valence electrons. The Bertz CT molecular complexity index is 195. The van der Waals surface area contributed by atoms with E-state index in [-0.39, 0.29) is 12.2 Å². The van der Waals surface area contributed by atoms with Crippen LogP contribution in [-0.4, -0.2) is 61.0 Å². The van der Waals surface area contributed by atoms with E-state index >= 15 is 0 Å². The van der Waals surface area contributed by atoms with Gasteiger partial charge >= 0.3 is 0 Å². The number of nitrogens with zero attached hydrogens (tertiary/aromatic N) is 1. The SMILES string of the molecule is CCO[C@@H]1CN(C2CCNCC2)C[C@H]1O. The van der Waals surface area contributed by atoms with Gasteiger partial charge in [0.1, 0.15) is 0 Å². The number of hydrogen-bond donors (Lipinski definition) is 2. The molecule has 2 N–H and O–H groups in total. The maximum Gasteiger partial charge on any atom is 0.0972 e. The lowest BCUT2D eigenvalue weighted by molar-refractivity contribution is -0.00268. The van der Waals surface area contributed by atoms with Crippen LogP contribution in [-0.2, 0) is 4.74 Å². The minimum Gasteiger partial charge on any atom is -0.389 e. The molecule has 0 aliphatic carbocycles. The van der Waals surface area contributed by atoms with Gasteiger partial charge in [0, 0.05) is 25.7 Å². The van der Waals surface area contributed by atoms with Gasteiger partial charge in [-0.25, -0.2) is 0 Å². The molecule has 2 aliphatic rings. The summed E-state index contributed by atoms with van der Waals surface area (Å²) in [6.45, 7) is 6.59. The highest BCUT2D eigenvalue weighted by Crippen LogP contribution is 2.20. The molecule has 0 aromatic rings. The topological polar surface area (TPSA) is 44.7 Å². The quantitative estimate of drug-likeness (QED) is 0.684. The van der Waals surface area contributed by atoms with Crippen molar-refractivity contribution in [3.8, 4) is 0 Å². The smallest absolute Gasteiger partial charge is 0.0972 e. The first kappa shape index (κ1) is 11.3. The second kappa shape index (κ2) is 5.25. The van der Waals surface area contributed by atoms with Gasteiger partial charge in [-0.2, -0.15) is 0 Å². The molecule has 0 saturated carbocycles. The third-order valence-corrected chi connectivity index (χ3v) is 3.47. The fourth-order valence-corrected chi connectivity index (χ4v) is 2.63. The van der Waals surface area contributed by atoms with Crippen LogP contribution in [0, 0.1) is 0 Å². The molecule has 2 atom stereocenters. The molecule has 0 aromatic heterocycles. The van der Waals surface area contributed by atoms with Crippen molar-refractivity contribution in [3.05, 3.63) is 0 Å². The highest BCUT2D eigenvalue weighted by atomic mass is 16.5. The summed E-state index contributed by atoms with van der Waals surface area (Å²) in [6, 6.07) is 0.645. The van der Waals surface area contributed by atoms with Crippen LogP contribution in [0.4, 0.5) is 0 Å². The van der Waals surface area contributed by atoms with Gasteiger partial charge in [-0.05, 0) is 32.9 Å². The second-order valence-corrected chi connectivity index (χ2v) is 4.50. The first-order chi connectivity index (χ1) is 7.31. The van der Waals surface area contributed by atoms with Crippen molar-refractivity contribution in [3.63, 3.8) is 0 Å². The molecule has 0 radical (unpaired) electrons. The number of aliphatic hydroxyl groups is 1. The molecular weight excluding hydrogens is 192 g/mol. The summed E-state index contributed by atoms with van der Waals surface area (Å²) in [5.41, 5.74) is 0. The molecule has 15 heavy (non-hydrogen) atoms. The molecule has 2 aliphatic heterocycles. The molecule has 4 heteroatoms. The highest BCUT2D eigenvalue weighted by Gasteiger charge is 2.35. The third-order valence-electron chi connectivity index (χ3n) is 3.47. The molecule has 2 fully saturated rings. The Kier molecular flexibility index (Phi) is 3.97. The van der Waals surface area contributed by atoms with E-state index in [9.17, 15) is 5.11 Å². The molecule has 4 nitrogen and oxygen atoms in total. The average Bonchev–Trinajstić information content (AvgIpc) is 2.63. The van der Waals surface area contributed by atoms with Gasteiger partial charge in [0.25, 0.3) is 0 Å². The van der Waals surface area contributed by atoms with Crippen LogP contribution in [0.3, 0.4) is 0 Å². The van der Waals surface area contributed by atoms with Crippen LogP contribution < -0.4 is 5.32 Å². The predicted octanol–water partition coefficient (Wildman–Crippen LogP) is -0.180. The van der Waals surface area contributed by atoms with Gasteiger partial charge in [-0.3, -0.25) is 4.90 Å². The second-order valence-electron chi connectivity index (χ2n) is 4.50. The molecule has 0 unspecified atom stereocenters. The van der Waals surface area contributed by atoms with E-state index in [0.29, 0.717) is 12.6 Å². The van der Waals surface area contributed by atoms with Crippen LogP contribution >= 0.6 is 0 Å². The van der Waals surface area contributed by atoms with Crippen molar-refractivity contribution in [1.29, 1.82) is 0 Å². The lowest BCUT2D eigenvalue weighted by Crippen LogP contribution is -2.42. The molecule has 0 amide bonds. The maximum atomic E-state index is 9.84. The fourth-order valence-electron chi connectivity index (χ4n) is 2.63. The Balaban J connectivity index is 1.84. The Morgan fingerprint density at radius 1 is 1.33 bits per heavy atom. The van der Waals surface area contributed by atoms with Crippen LogP contribution in [0.25, 0.3) is 0 Å². The standard InChI is InChI=1S/C11H22N2O2/c1-2-15-11-8-13(7-10(11)14)9-3-5-12-6-4-9/h9-12,14H,2-8H2,1H3/t10-,11-/m1/s1. The van der Waals surface area contributed by atoms with E-state index in [0.717, 1.165) is 26.2 Å². The van der Waals surface area contributed by atoms with Gasteiger partial charge in [0.05, 0.1) is 12.2 Å². The zero-order valence-corrected chi connectivity index (χ0v) is 9.48. The number of β-amino-alcohol motifs (C(OH)–C–C–N with tert-alkyl or cyclic N) is 1. The lowest BCUT2D eigenvalue weighted by Gasteiger charge is -2.31. The summed E-state index contributed by atoms with van der Waals surface area (Å²) in [7, 11) is 0. The summed E-state index contributed by atoms with van der Waals surface area (Å²) in [5.74, 6) is 0. The number of piperidine rings is 1. The van der Waals surface area contributed by atoms with E-state index in [4.69, 9.17) is 4.74 Å². The molecule has 0 bridgehead atoms. The fraction of sp³-hybridized carbons (Fsp3) is 1.00. The molecule has 2 rings (SSSR count). The van der Waals surface area contributed by atoms with Gasteiger partial charge < -0.3 is 15.2 Å². The van der Waals surface area contributed by atoms with Crippen molar-refractivity contribution in [2.75, 3.05) is 32.8 Å². The minimum absolute atomic E-state index is 0.0323. The third kappa shape index (κ3) is 2.69. The zero-order valence-electron chi connectivity index (χ0n) is 9.48. The largest absolute Gasteiger partial charge is 0.389 e. The van der Waals surface area contributed by atoms with E-state index in [1.807, 2.05) is 6.92 Å². The summed E-state index contributed by atoms with van der Waals surface area (Å²) < 4.78 is 5.53. The van der Waals surface area contributed by atoms with Crippen LogP contribution in [0.2, 0.25) is 0 Å². The summed E-state index contributed by atoms with van der Waals surface area (Å²) in [6.07, 6.45) is 2.14. The summed E-state index contributed by atoms with van der Waals surface area (Å²) >= 11 is 0. The average molecular weight is 214 g/mol. The van der Waals surface area contributed by atoms with E-state index in [1.54, 1.807) is 0 Å². The van der Waals surface area contributed by atoms with E-state index < -0.39 is 0 Å². The maximum absolute atomic E-state index is 9.84. The van der Waals surface area contributed by atoms with Gasteiger partial charge in [0.15, 0.2) is 0 Å². The number of nitrogens with one attached hydrogen (secondary N) is 1. The Hall–Kier alpha value is -0.160. The van der Waals surface area contributed by atoms with Crippen molar-refractivity contribution in [1.82, 2.24) is 10.2 Å². The Labute approximate surface area is 91.6 Å². The van der Waals surface area contributed by atoms with Crippen molar-refractivity contribution >= 4 is 0 Å². The van der Waals surface area contributed by atoms with Gasteiger partial charge in [0.2, 0.25) is 0 Å². The predicted molar refractivity (Wildman–Crippen MR) is 58.9 cm³/mol. The Morgan fingerprint density at radius 2 is 2.07 bits per heavy atom. The Morgan fingerprint density at radius 3 is 2.73 bits per heavy atom. The monoisotopic (exact) mass is 214 g/mol. The first-order valence-corrected chi connectivity index (χ1v) is 6.05. The van der Waals surface area contributed by atoms with Crippen LogP contribution in [0.1, 0.15) is 19.8 Å². The molecule has 0 aromatic carbocycles. The number of rotatable bonds is 3. The number of aliphatic hydroxyl groups excluding tert-OH is 1. The number of likely N-dealkylation sites (tertiary alicyclic amines) is 1. The normalized spacial score (nSPS) is 34.8. The number of ether oxygens (including phenoxy) is 1. The summed E-state index contributed by atoms with van der Waals surface area (Å²) in [5, 5.41) is 13.2. The van der Waals surface area contributed by atoms with E-state index in [2.05, 4.69) is 10.2 Å². The zero-order chi connectivity index (χ0) is 10.7. The van der Waals surface area contributed by atoms with Crippen molar-refractivity contribution in [2.24, 2.45) is 0 Å². The molecule has 2 heterocycles. The first-order valence-electron chi connectivity index (χ1n) is 6.05. The highest BCUT2D eigenvalue weighted by molar-refractivity contribution is 4.90. The summed E-state index contributed by atoms with van der Waals surface area (Å²) in [4.78, 5) is 2.39. The van der Waals surface area contributed by atoms with Crippen LogP contribution in [0.5, 0.6) is 0 Å².